The lowest BCUT2D eigenvalue weighted by atomic mass is 10.2. The molecule has 21 heavy (non-hydrogen) atoms. The van der Waals surface area contributed by atoms with Crippen LogP contribution in [0, 0.1) is 6.92 Å². The van der Waals surface area contributed by atoms with Gasteiger partial charge < -0.3 is 0 Å². The zero-order valence-electron chi connectivity index (χ0n) is 11.5. The van der Waals surface area contributed by atoms with Crippen LogP contribution in [0.3, 0.4) is 0 Å². The van der Waals surface area contributed by atoms with Gasteiger partial charge in [-0.05, 0) is 25.1 Å². The minimum atomic E-state index is -3.90. The van der Waals surface area contributed by atoms with Crippen molar-refractivity contribution in [2.24, 2.45) is 0 Å². The van der Waals surface area contributed by atoms with Crippen molar-refractivity contribution in [1.82, 2.24) is 9.71 Å². The van der Waals surface area contributed by atoms with Crippen LogP contribution < -0.4 is 4.72 Å². The van der Waals surface area contributed by atoms with E-state index in [-0.39, 0.29) is 4.90 Å². The maximum absolute atomic E-state index is 12.1. The molecule has 0 unspecified atom stereocenters. The molecule has 1 amide bonds. The maximum atomic E-state index is 12.1. The molecule has 1 heterocycles. The van der Waals surface area contributed by atoms with Crippen LogP contribution in [0.5, 0.6) is 0 Å². The van der Waals surface area contributed by atoms with E-state index in [4.69, 9.17) is 0 Å². The molecular weight excluding hydrogens is 308 g/mol. The minimum Gasteiger partial charge on any atom is -0.274 e. The predicted molar refractivity (Wildman–Crippen MR) is 80.5 cm³/mol. The number of aryl methyl sites for hydroxylation is 1. The Morgan fingerprint density at radius 1 is 1.19 bits per heavy atom. The molecule has 1 aromatic carbocycles. The molecule has 0 atom stereocenters. The second-order valence-electron chi connectivity index (χ2n) is 4.40. The highest BCUT2D eigenvalue weighted by Gasteiger charge is 2.20. The van der Waals surface area contributed by atoms with E-state index in [1.54, 1.807) is 6.07 Å². The van der Waals surface area contributed by atoms with E-state index < -0.39 is 15.9 Å². The molecule has 0 aliphatic heterocycles. The lowest BCUT2D eigenvalue weighted by Crippen LogP contribution is -2.28. The topological polar surface area (TPSA) is 76.1 Å². The van der Waals surface area contributed by atoms with Gasteiger partial charge in [-0.3, -0.25) is 9.78 Å². The van der Waals surface area contributed by atoms with Gasteiger partial charge in [0, 0.05) is 29.1 Å². The number of hydrogen-bond donors (Lipinski definition) is 1. The number of carbonyl (C=O) groups is 1. The van der Waals surface area contributed by atoms with Gasteiger partial charge in [-0.15, -0.1) is 0 Å². The zero-order chi connectivity index (χ0) is 15.5. The lowest BCUT2D eigenvalue weighted by molar-refractivity contribution is -0.117. The first kappa shape index (κ1) is 15.5. The first-order valence-corrected chi connectivity index (χ1v) is 8.40. The van der Waals surface area contributed by atoms with E-state index in [0.717, 1.165) is 17.4 Å². The molecule has 5 nitrogen and oxygen atoms in total. The molecule has 0 aliphatic rings. The van der Waals surface area contributed by atoms with E-state index in [2.05, 4.69) is 4.98 Å². The van der Waals surface area contributed by atoms with Crippen molar-refractivity contribution in [3.63, 3.8) is 0 Å². The molecule has 0 fully saturated rings. The summed E-state index contributed by atoms with van der Waals surface area (Å²) < 4.78 is 26.2. The third kappa shape index (κ3) is 4.05. The average molecular weight is 322 g/mol. The van der Waals surface area contributed by atoms with Crippen LogP contribution in [0.25, 0.3) is 0 Å². The highest BCUT2D eigenvalue weighted by Crippen LogP contribution is 2.32. The Morgan fingerprint density at radius 3 is 2.48 bits per heavy atom. The van der Waals surface area contributed by atoms with Crippen molar-refractivity contribution in [3.8, 4) is 0 Å². The summed E-state index contributed by atoms with van der Waals surface area (Å²) in [7, 11) is -3.90. The number of aromatic nitrogens is 1. The Morgan fingerprint density at radius 2 is 1.86 bits per heavy atom. The molecule has 2 aromatic rings. The van der Waals surface area contributed by atoms with Crippen LogP contribution >= 0.6 is 11.8 Å². The van der Waals surface area contributed by atoms with Gasteiger partial charge in [0.05, 0.1) is 0 Å². The van der Waals surface area contributed by atoms with Gasteiger partial charge in [0.15, 0.2) is 0 Å². The summed E-state index contributed by atoms with van der Waals surface area (Å²) in [6.45, 7) is 3.13. The number of rotatable bonds is 4. The average Bonchev–Trinajstić information content (AvgIpc) is 2.40. The van der Waals surface area contributed by atoms with E-state index in [9.17, 15) is 13.2 Å². The van der Waals surface area contributed by atoms with E-state index in [0.29, 0.717) is 4.90 Å². The summed E-state index contributed by atoms with van der Waals surface area (Å²) in [6.07, 6.45) is 2.76. The maximum Gasteiger partial charge on any atom is 0.266 e. The molecule has 0 bridgehead atoms. The minimum absolute atomic E-state index is 0.00854. The van der Waals surface area contributed by atoms with Gasteiger partial charge in [0.25, 0.3) is 10.0 Å². The molecule has 1 aromatic heterocycles. The normalized spacial score (nSPS) is 11.1. The fraction of sp³-hybridized carbons (Fsp3) is 0.143. The van der Waals surface area contributed by atoms with Gasteiger partial charge >= 0.3 is 0 Å². The first-order valence-electron chi connectivity index (χ1n) is 6.10. The Kier molecular flexibility index (Phi) is 4.64. The van der Waals surface area contributed by atoms with Crippen molar-refractivity contribution in [2.75, 3.05) is 0 Å². The van der Waals surface area contributed by atoms with E-state index >= 15 is 0 Å². The van der Waals surface area contributed by atoms with Gasteiger partial charge in [0.2, 0.25) is 5.91 Å². The summed E-state index contributed by atoms with van der Waals surface area (Å²) in [5.74, 6) is -0.634. The fourth-order valence-electron chi connectivity index (χ4n) is 1.63. The summed E-state index contributed by atoms with van der Waals surface area (Å²) >= 11 is 1.31. The van der Waals surface area contributed by atoms with Crippen molar-refractivity contribution < 1.29 is 13.2 Å². The zero-order valence-corrected chi connectivity index (χ0v) is 13.2. The van der Waals surface area contributed by atoms with Crippen molar-refractivity contribution in [1.29, 1.82) is 0 Å². The third-order valence-electron chi connectivity index (χ3n) is 2.56. The van der Waals surface area contributed by atoms with Crippen molar-refractivity contribution in [2.45, 2.75) is 28.5 Å². The SMILES string of the molecule is CC(=O)NS(=O)(=O)c1cnccc1Sc1ccc(C)cc1. The number of sulfonamides is 1. The standard InChI is InChI=1S/C14H14N2O3S2/c1-10-3-5-12(6-4-10)20-13-7-8-15-9-14(13)21(18,19)16-11(2)17/h3-9H,1-2H3,(H,16,17). The van der Waals surface area contributed by atoms with Crippen molar-refractivity contribution >= 4 is 27.7 Å². The highest BCUT2D eigenvalue weighted by atomic mass is 32.2. The summed E-state index contributed by atoms with van der Waals surface area (Å²) in [6, 6.07) is 9.33. The van der Waals surface area contributed by atoms with Gasteiger partial charge in [-0.2, -0.15) is 0 Å². The lowest BCUT2D eigenvalue weighted by Gasteiger charge is -2.09. The first-order chi connectivity index (χ1) is 9.88. The van der Waals surface area contributed by atoms with Crippen LogP contribution in [0.4, 0.5) is 0 Å². The van der Waals surface area contributed by atoms with Crippen LogP contribution in [0.2, 0.25) is 0 Å². The van der Waals surface area contributed by atoms with E-state index in [1.165, 1.54) is 24.2 Å². The number of benzene rings is 1. The predicted octanol–water partition coefficient (Wildman–Crippen LogP) is 2.37. The number of amides is 1. The smallest absolute Gasteiger partial charge is 0.266 e. The van der Waals surface area contributed by atoms with Gasteiger partial charge in [-0.1, -0.05) is 29.5 Å². The van der Waals surface area contributed by atoms with Crippen LogP contribution in [-0.4, -0.2) is 19.3 Å². The molecule has 2 rings (SSSR count). The summed E-state index contributed by atoms with van der Waals surface area (Å²) in [4.78, 5) is 16.3. The molecular formula is C14H14N2O3S2. The Bertz CT molecular complexity index is 756. The van der Waals surface area contributed by atoms with E-state index in [1.807, 2.05) is 35.9 Å². The monoisotopic (exact) mass is 322 g/mol. The second-order valence-corrected chi connectivity index (χ2v) is 7.17. The molecule has 110 valence electrons. The van der Waals surface area contributed by atoms with Crippen molar-refractivity contribution in [3.05, 3.63) is 48.3 Å². The summed E-state index contributed by atoms with van der Waals surface area (Å²) in [5.41, 5.74) is 1.13. The molecule has 0 saturated heterocycles. The number of carbonyl (C=O) groups excluding carboxylic acids is 1. The molecule has 0 aliphatic carbocycles. The molecule has 0 spiro atoms. The summed E-state index contributed by atoms with van der Waals surface area (Å²) in [5, 5.41) is 0. The van der Waals surface area contributed by atoms with Crippen LogP contribution in [-0.2, 0) is 14.8 Å². The van der Waals surface area contributed by atoms with Gasteiger partial charge in [-0.25, -0.2) is 13.1 Å². The molecule has 1 N–H and O–H groups in total. The molecule has 0 radical (unpaired) electrons. The Balaban J connectivity index is 2.37. The second kappa shape index (κ2) is 6.28. The highest BCUT2D eigenvalue weighted by molar-refractivity contribution is 8.00. The van der Waals surface area contributed by atoms with Crippen LogP contribution in [0.15, 0.2) is 57.4 Å². The Hall–Kier alpha value is -1.86. The number of pyridine rings is 1. The quantitative estimate of drug-likeness (QED) is 0.935. The number of hydrogen-bond acceptors (Lipinski definition) is 5. The molecule has 0 saturated carbocycles. The largest absolute Gasteiger partial charge is 0.274 e. The Labute approximate surface area is 127 Å². The van der Waals surface area contributed by atoms with Gasteiger partial charge in [0.1, 0.15) is 4.90 Å². The molecule has 7 heteroatoms. The fourth-order valence-corrected chi connectivity index (χ4v) is 3.91. The number of nitrogens with one attached hydrogen (secondary N) is 1. The van der Waals surface area contributed by atoms with Crippen LogP contribution in [0.1, 0.15) is 12.5 Å². The number of nitrogens with zero attached hydrogens (tertiary/aromatic N) is 1. The third-order valence-corrected chi connectivity index (χ3v) is 5.24.